The van der Waals surface area contributed by atoms with Gasteiger partial charge in [-0.15, -0.1) is 0 Å². The van der Waals surface area contributed by atoms with Crippen molar-refractivity contribution in [3.05, 3.63) is 89.5 Å². The van der Waals surface area contributed by atoms with Crippen LogP contribution in [0.15, 0.2) is 72.8 Å². The van der Waals surface area contributed by atoms with Crippen molar-refractivity contribution in [1.82, 2.24) is 0 Å². The van der Waals surface area contributed by atoms with Crippen LogP contribution in [0.2, 0.25) is 0 Å². The number of rotatable bonds is 34. The first-order valence-electron chi connectivity index (χ1n) is 19.5. The summed E-state index contributed by atoms with van der Waals surface area (Å²) >= 11 is 0. The number of aliphatic hydroxyl groups excluding tert-OH is 4. The van der Waals surface area contributed by atoms with Gasteiger partial charge < -0.3 is 68.3 Å². The van der Waals surface area contributed by atoms with Gasteiger partial charge in [0, 0.05) is 57.3 Å². The van der Waals surface area contributed by atoms with E-state index in [0.717, 1.165) is 33.8 Å². The van der Waals surface area contributed by atoms with Crippen molar-refractivity contribution in [2.24, 2.45) is 0 Å². The number of benzene rings is 3. The fourth-order valence-electron chi connectivity index (χ4n) is 5.72. The first-order valence-corrected chi connectivity index (χ1v) is 19.5. The molecule has 14 nitrogen and oxygen atoms in total. The highest BCUT2D eigenvalue weighted by Gasteiger charge is 2.17. The molecule has 0 bridgehead atoms. The zero-order valence-electron chi connectivity index (χ0n) is 33.3. The van der Waals surface area contributed by atoms with E-state index in [2.05, 4.69) is 87.5 Å². The second-order valence-electron chi connectivity index (χ2n) is 13.0. The smallest absolute Gasteiger partial charge is 0.108 e. The molecule has 0 amide bonds. The topological polar surface area (TPSA) is 155 Å². The molecule has 3 aromatic rings. The minimum Gasteiger partial charge on any atom is -0.394 e. The molecule has 0 saturated carbocycles. The number of hydrogen-bond donors (Lipinski definition) is 4. The Labute approximate surface area is 333 Å². The molecular formula is C42H65N3O11. The van der Waals surface area contributed by atoms with Crippen molar-refractivity contribution in [2.75, 3.05) is 161 Å². The van der Waals surface area contributed by atoms with Crippen molar-refractivity contribution < 1.29 is 53.6 Å². The molecule has 0 aromatic heterocycles. The Bertz CT molecular complexity index is 1370. The molecule has 1 atom stereocenters. The summed E-state index contributed by atoms with van der Waals surface area (Å²) in [5, 5.41) is 36.1. The Morgan fingerprint density at radius 2 is 0.732 bits per heavy atom. The van der Waals surface area contributed by atoms with E-state index in [9.17, 15) is 0 Å². The normalized spacial score (nSPS) is 11.9. The monoisotopic (exact) mass is 787 g/mol. The van der Waals surface area contributed by atoms with Crippen LogP contribution in [0.5, 0.6) is 0 Å². The maximum atomic E-state index is 9.16. The zero-order chi connectivity index (χ0) is 40.1. The standard InChI is InChI=1S/C42H65N3O11/c1-43(2)39-11-5-37(6-12-39)42(38-7-13-41(14-8-38)45(16-24-51-28-20-47)18-26-53-32-34-55-30-22-49)56-35-36-3-9-40(10-4-36)44(15-23-50-27-19-46)17-25-52-31-33-54-29-21-48/h3-14,42,46-49H,15-35H2,1-2H3. The molecule has 56 heavy (non-hydrogen) atoms. The molecule has 14 heteroatoms. The second kappa shape index (κ2) is 29.8. The van der Waals surface area contributed by atoms with Crippen LogP contribution in [0.25, 0.3) is 0 Å². The summed E-state index contributed by atoms with van der Waals surface area (Å²) in [6.45, 7) is 7.78. The van der Waals surface area contributed by atoms with E-state index < -0.39 is 0 Å². The van der Waals surface area contributed by atoms with Gasteiger partial charge in [0.05, 0.1) is 112 Å². The Balaban J connectivity index is 1.72. The molecule has 1 unspecified atom stereocenters. The van der Waals surface area contributed by atoms with Gasteiger partial charge in [-0.05, 0) is 53.1 Å². The number of anilines is 3. The molecular weight excluding hydrogens is 722 g/mol. The number of nitrogens with zero attached hydrogens (tertiary/aromatic N) is 3. The highest BCUT2D eigenvalue weighted by atomic mass is 16.5. The molecule has 3 aromatic carbocycles. The largest absolute Gasteiger partial charge is 0.394 e. The van der Waals surface area contributed by atoms with Gasteiger partial charge in [-0.1, -0.05) is 36.4 Å². The molecule has 4 N–H and O–H groups in total. The van der Waals surface area contributed by atoms with E-state index >= 15 is 0 Å². The average Bonchev–Trinajstić information content (AvgIpc) is 3.22. The number of aliphatic hydroxyl groups is 4. The highest BCUT2D eigenvalue weighted by molar-refractivity contribution is 5.51. The van der Waals surface area contributed by atoms with E-state index in [4.69, 9.17) is 53.6 Å². The van der Waals surface area contributed by atoms with Crippen LogP contribution in [-0.2, 0) is 39.8 Å². The predicted molar refractivity (Wildman–Crippen MR) is 218 cm³/mol. The predicted octanol–water partition coefficient (Wildman–Crippen LogP) is 2.74. The third kappa shape index (κ3) is 18.7. The molecule has 0 aliphatic rings. The second-order valence-corrected chi connectivity index (χ2v) is 13.0. The van der Waals surface area contributed by atoms with Gasteiger partial charge in [-0.2, -0.15) is 0 Å². The third-order valence-electron chi connectivity index (χ3n) is 8.70. The Hall–Kier alpha value is -3.38. The molecule has 3 rings (SSSR count). The Morgan fingerprint density at radius 3 is 1.09 bits per heavy atom. The molecule has 314 valence electrons. The van der Waals surface area contributed by atoms with E-state index in [-0.39, 0.29) is 39.1 Å². The van der Waals surface area contributed by atoms with Crippen LogP contribution in [0.4, 0.5) is 17.1 Å². The molecule has 0 saturated heterocycles. The van der Waals surface area contributed by atoms with Crippen LogP contribution in [-0.4, -0.2) is 166 Å². The summed E-state index contributed by atoms with van der Waals surface area (Å²) in [7, 11) is 4.04. The number of hydrogen-bond acceptors (Lipinski definition) is 14. The first kappa shape index (κ1) is 47.0. The lowest BCUT2D eigenvalue weighted by Crippen LogP contribution is -2.31. The summed E-state index contributed by atoms with van der Waals surface area (Å²) in [4.78, 5) is 6.46. The van der Waals surface area contributed by atoms with Crippen molar-refractivity contribution >= 4 is 17.1 Å². The molecule has 0 radical (unpaired) electrons. The number of ether oxygens (including phenoxy) is 7. The van der Waals surface area contributed by atoms with Crippen LogP contribution in [0.3, 0.4) is 0 Å². The van der Waals surface area contributed by atoms with E-state index in [1.54, 1.807) is 0 Å². The summed E-state index contributed by atoms with van der Waals surface area (Å²) in [6.07, 6.45) is -0.317. The molecule has 0 fully saturated rings. The Morgan fingerprint density at radius 1 is 0.411 bits per heavy atom. The minimum atomic E-state index is -0.317. The Kier molecular flexibility index (Phi) is 25.0. The van der Waals surface area contributed by atoms with Gasteiger partial charge in [0.1, 0.15) is 6.10 Å². The van der Waals surface area contributed by atoms with E-state index in [0.29, 0.717) is 105 Å². The van der Waals surface area contributed by atoms with Gasteiger partial charge in [0.2, 0.25) is 0 Å². The van der Waals surface area contributed by atoms with Crippen molar-refractivity contribution in [1.29, 1.82) is 0 Å². The fraction of sp³-hybridized carbons (Fsp3) is 0.571. The van der Waals surface area contributed by atoms with Gasteiger partial charge in [0.15, 0.2) is 0 Å². The van der Waals surface area contributed by atoms with Crippen molar-refractivity contribution in [2.45, 2.75) is 12.7 Å². The lowest BCUT2D eigenvalue weighted by molar-refractivity contribution is 0.0347. The van der Waals surface area contributed by atoms with Crippen LogP contribution < -0.4 is 14.7 Å². The molecule has 0 aliphatic heterocycles. The summed E-state index contributed by atoms with van der Waals surface area (Å²) in [5.41, 5.74) is 6.25. The zero-order valence-corrected chi connectivity index (χ0v) is 33.3. The summed E-state index contributed by atoms with van der Waals surface area (Å²) < 4.78 is 39.9. The van der Waals surface area contributed by atoms with E-state index in [1.807, 2.05) is 14.1 Å². The molecule has 0 spiro atoms. The van der Waals surface area contributed by atoms with Gasteiger partial charge in [-0.25, -0.2) is 0 Å². The molecule has 0 heterocycles. The minimum absolute atomic E-state index is 0.00783. The summed E-state index contributed by atoms with van der Waals surface area (Å²) in [5.74, 6) is 0. The van der Waals surface area contributed by atoms with Gasteiger partial charge in [-0.3, -0.25) is 0 Å². The maximum Gasteiger partial charge on any atom is 0.108 e. The highest BCUT2D eigenvalue weighted by Crippen LogP contribution is 2.31. The quantitative estimate of drug-likeness (QED) is 0.0656. The molecule has 0 aliphatic carbocycles. The van der Waals surface area contributed by atoms with Crippen LogP contribution >= 0.6 is 0 Å². The SMILES string of the molecule is CN(C)c1ccc(C(OCc2ccc(N(CCOCCO)CCOCCOCCO)cc2)c2ccc(N(CCOCCO)CCOCCOCCO)cc2)cc1. The average molecular weight is 788 g/mol. The van der Waals surface area contributed by atoms with Crippen LogP contribution in [0.1, 0.15) is 22.8 Å². The summed E-state index contributed by atoms with van der Waals surface area (Å²) in [6, 6.07) is 25.1. The van der Waals surface area contributed by atoms with Crippen molar-refractivity contribution in [3.63, 3.8) is 0 Å². The maximum absolute atomic E-state index is 9.16. The van der Waals surface area contributed by atoms with Gasteiger partial charge in [0.25, 0.3) is 0 Å². The fourth-order valence-corrected chi connectivity index (χ4v) is 5.72. The third-order valence-corrected chi connectivity index (χ3v) is 8.70. The van der Waals surface area contributed by atoms with E-state index in [1.165, 1.54) is 0 Å². The van der Waals surface area contributed by atoms with Crippen molar-refractivity contribution in [3.8, 4) is 0 Å². The van der Waals surface area contributed by atoms with Crippen LogP contribution in [0, 0.1) is 0 Å². The lowest BCUT2D eigenvalue weighted by Gasteiger charge is -2.26. The lowest BCUT2D eigenvalue weighted by atomic mass is 10.00. The first-order chi connectivity index (χ1) is 27.5. The van der Waals surface area contributed by atoms with Gasteiger partial charge >= 0.3 is 0 Å².